The number of H-pyrrole nitrogens is 1. The molecule has 4 heteroatoms. The average molecular weight is 202 g/mol. The van der Waals surface area contributed by atoms with Crippen molar-refractivity contribution >= 4 is 5.91 Å². The zero-order valence-corrected chi connectivity index (χ0v) is 8.23. The molecule has 0 unspecified atom stereocenters. The fourth-order valence-electron chi connectivity index (χ4n) is 1.41. The molecule has 2 rings (SSSR count). The molecule has 76 valence electrons. The highest BCUT2D eigenvalue weighted by atomic mass is 16.2. The van der Waals surface area contributed by atoms with E-state index < -0.39 is 0 Å². The van der Waals surface area contributed by atoms with E-state index in [1.165, 1.54) is 10.7 Å². The number of rotatable bonds is 1. The number of hydrogen-bond acceptors (Lipinski definition) is 2. The van der Waals surface area contributed by atoms with Gasteiger partial charge in [0.1, 0.15) is 0 Å². The van der Waals surface area contributed by atoms with Gasteiger partial charge in [0.05, 0.1) is 0 Å². The molecule has 0 radical (unpaired) electrons. The van der Waals surface area contributed by atoms with E-state index in [9.17, 15) is 9.59 Å². The molecule has 0 saturated carbocycles. The van der Waals surface area contributed by atoms with Crippen LogP contribution in [0.4, 0.5) is 0 Å². The van der Waals surface area contributed by atoms with Crippen LogP contribution in [0.3, 0.4) is 0 Å². The van der Waals surface area contributed by atoms with Crippen molar-refractivity contribution in [2.75, 3.05) is 0 Å². The molecule has 1 aromatic heterocycles. The topological polar surface area (TPSA) is 54.9 Å². The number of aryl methyl sites for hydroxylation is 1. The van der Waals surface area contributed by atoms with Crippen molar-refractivity contribution in [1.29, 1.82) is 0 Å². The Morgan fingerprint density at radius 1 is 1.27 bits per heavy atom. The second kappa shape index (κ2) is 3.57. The van der Waals surface area contributed by atoms with Crippen LogP contribution in [0, 0.1) is 6.92 Å². The molecule has 4 nitrogen and oxygen atoms in total. The number of nitrogens with zero attached hydrogens (tertiary/aromatic N) is 1. The predicted octanol–water partition coefficient (Wildman–Crippen LogP) is 1.17. The lowest BCUT2D eigenvalue weighted by Crippen LogP contribution is -2.17. The van der Waals surface area contributed by atoms with Gasteiger partial charge in [0.2, 0.25) is 0 Å². The van der Waals surface area contributed by atoms with Crippen LogP contribution in [-0.2, 0) is 0 Å². The molecule has 0 aliphatic heterocycles. The van der Waals surface area contributed by atoms with Gasteiger partial charge in [-0.25, -0.2) is 4.68 Å². The van der Waals surface area contributed by atoms with Gasteiger partial charge >= 0.3 is 0 Å². The van der Waals surface area contributed by atoms with Crippen LogP contribution in [0.1, 0.15) is 16.1 Å². The average Bonchev–Trinajstić information content (AvgIpc) is 2.58. The molecule has 2 aromatic rings. The number of nitrogens with one attached hydrogen (secondary N) is 1. The van der Waals surface area contributed by atoms with Crippen LogP contribution in [0.5, 0.6) is 0 Å². The summed E-state index contributed by atoms with van der Waals surface area (Å²) in [5, 5.41) is 2.45. The Morgan fingerprint density at radius 3 is 2.47 bits per heavy atom. The van der Waals surface area contributed by atoms with Crippen LogP contribution in [-0.4, -0.2) is 15.7 Å². The predicted molar refractivity (Wildman–Crippen MR) is 56.0 cm³/mol. The van der Waals surface area contributed by atoms with Gasteiger partial charge in [0, 0.05) is 17.3 Å². The van der Waals surface area contributed by atoms with Crippen molar-refractivity contribution in [3.8, 4) is 0 Å². The lowest BCUT2D eigenvalue weighted by Gasteiger charge is -2.02. The Bertz CT molecular complexity index is 537. The Kier molecular flexibility index (Phi) is 2.25. The standard InChI is InChI=1S/C11H10N2O2/c1-8-7-10(14)12-13(8)11(15)9-5-3-2-4-6-9/h2-7H,1H3,(H,12,14). The molecule has 0 spiro atoms. The van der Waals surface area contributed by atoms with Gasteiger partial charge in [-0.1, -0.05) is 18.2 Å². The zero-order chi connectivity index (χ0) is 10.8. The maximum atomic E-state index is 11.9. The van der Waals surface area contributed by atoms with E-state index >= 15 is 0 Å². The van der Waals surface area contributed by atoms with E-state index in [1.807, 2.05) is 6.07 Å². The molecule has 1 heterocycles. The first-order valence-corrected chi connectivity index (χ1v) is 4.57. The Morgan fingerprint density at radius 2 is 1.93 bits per heavy atom. The third kappa shape index (κ3) is 1.74. The van der Waals surface area contributed by atoms with Crippen LogP contribution in [0.15, 0.2) is 41.2 Å². The van der Waals surface area contributed by atoms with Gasteiger partial charge in [-0.15, -0.1) is 0 Å². The van der Waals surface area contributed by atoms with E-state index in [2.05, 4.69) is 5.10 Å². The fourth-order valence-corrected chi connectivity index (χ4v) is 1.41. The molecule has 1 aromatic carbocycles. The molecular weight excluding hydrogens is 192 g/mol. The quantitative estimate of drug-likeness (QED) is 0.754. The maximum Gasteiger partial charge on any atom is 0.276 e. The molecule has 0 fully saturated rings. The van der Waals surface area contributed by atoms with E-state index in [0.29, 0.717) is 11.3 Å². The van der Waals surface area contributed by atoms with Crippen LogP contribution in [0.25, 0.3) is 0 Å². The summed E-state index contributed by atoms with van der Waals surface area (Å²) in [6.45, 7) is 1.71. The van der Waals surface area contributed by atoms with Gasteiger partial charge in [0.25, 0.3) is 11.5 Å². The SMILES string of the molecule is Cc1cc(=O)[nH]n1C(=O)c1ccccc1. The summed E-state index contributed by atoms with van der Waals surface area (Å²) in [4.78, 5) is 22.9. The number of aromatic amines is 1. The van der Waals surface area contributed by atoms with Crippen LogP contribution in [0.2, 0.25) is 0 Å². The summed E-state index contributed by atoms with van der Waals surface area (Å²) in [6.07, 6.45) is 0. The third-order valence-electron chi connectivity index (χ3n) is 2.14. The summed E-state index contributed by atoms with van der Waals surface area (Å²) < 4.78 is 1.25. The van der Waals surface area contributed by atoms with Crippen LogP contribution >= 0.6 is 0 Å². The maximum absolute atomic E-state index is 11.9. The number of aromatic nitrogens is 2. The smallest absolute Gasteiger partial charge is 0.268 e. The molecule has 0 atom stereocenters. The minimum atomic E-state index is -0.267. The van der Waals surface area contributed by atoms with Crippen molar-refractivity contribution in [2.45, 2.75) is 6.92 Å². The van der Waals surface area contributed by atoms with Gasteiger partial charge in [-0.3, -0.25) is 14.7 Å². The van der Waals surface area contributed by atoms with Crippen molar-refractivity contribution < 1.29 is 4.79 Å². The second-order valence-electron chi connectivity index (χ2n) is 3.27. The molecule has 0 aliphatic carbocycles. The van der Waals surface area contributed by atoms with Gasteiger partial charge in [-0.2, -0.15) is 0 Å². The Hall–Kier alpha value is -2.10. The summed E-state index contributed by atoms with van der Waals surface area (Å²) in [6, 6.07) is 10.2. The van der Waals surface area contributed by atoms with Crippen molar-refractivity contribution in [1.82, 2.24) is 9.78 Å². The van der Waals surface area contributed by atoms with Crippen molar-refractivity contribution in [3.63, 3.8) is 0 Å². The number of hydrogen-bond donors (Lipinski definition) is 1. The first-order chi connectivity index (χ1) is 7.18. The second-order valence-corrected chi connectivity index (χ2v) is 3.27. The van der Waals surface area contributed by atoms with E-state index in [0.717, 1.165) is 0 Å². The van der Waals surface area contributed by atoms with Gasteiger partial charge in [-0.05, 0) is 19.1 Å². The first kappa shape index (κ1) is 9.45. The number of benzene rings is 1. The molecule has 15 heavy (non-hydrogen) atoms. The van der Waals surface area contributed by atoms with Gasteiger partial charge in [0.15, 0.2) is 0 Å². The highest BCUT2D eigenvalue weighted by molar-refractivity contribution is 5.95. The lowest BCUT2D eigenvalue weighted by molar-refractivity contribution is 0.0942. The molecule has 0 amide bonds. The zero-order valence-electron chi connectivity index (χ0n) is 8.23. The summed E-state index contributed by atoms with van der Waals surface area (Å²) in [5.74, 6) is -0.227. The fraction of sp³-hybridized carbons (Fsp3) is 0.0909. The van der Waals surface area contributed by atoms with E-state index in [1.54, 1.807) is 31.2 Å². The Labute approximate surface area is 86.1 Å². The summed E-state index contributed by atoms with van der Waals surface area (Å²) in [5.41, 5.74) is 0.887. The summed E-state index contributed by atoms with van der Waals surface area (Å²) in [7, 11) is 0. The molecule has 0 aliphatic rings. The monoisotopic (exact) mass is 202 g/mol. The molecule has 1 N–H and O–H groups in total. The van der Waals surface area contributed by atoms with Crippen LogP contribution < -0.4 is 5.56 Å². The van der Waals surface area contributed by atoms with Crippen molar-refractivity contribution in [2.24, 2.45) is 0 Å². The van der Waals surface area contributed by atoms with E-state index in [4.69, 9.17) is 0 Å². The minimum absolute atomic E-state index is 0.227. The van der Waals surface area contributed by atoms with E-state index in [-0.39, 0.29) is 11.5 Å². The number of carbonyl (C=O) groups is 1. The third-order valence-corrected chi connectivity index (χ3v) is 2.14. The minimum Gasteiger partial charge on any atom is -0.268 e. The molecule has 0 saturated heterocycles. The molecular formula is C11H10N2O2. The highest BCUT2D eigenvalue weighted by Crippen LogP contribution is 2.02. The normalized spacial score (nSPS) is 10.2. The number of carbonyl (C=O) groups excluding carboxylic acids is 1. The first-order valence-electron chi connectivity index (χ1n) is 4.57. The highest BCUT2D eigenvalue weighted by Gasteiger charge is 2.10. The summed E-state index contributed by atoms with van der Waals surface area (Å²) >= 11 is 0. The molecule has 0 bridgehead atoms. The Balaban J connectivity index is 2.46. The lowest BCUT2D eigenvalue weighted by atomic mass is 10.2. The van der Waals surface area contributed by atoms with Gasteiger partial charge < -0.3 is 0 Å². The van der Waals surface area contributed by atoms with Crippen molar-refractivity contribution in [3.05, 3.63) is 58.0 Å². The largest absolute Gasteiger partial charge is 0.276 e.